The lowest BCUT2D eigenvalue weighted by atomic mass is 10.1. The van der Waals surface area contributed by atoms with E-state index < -0.39 is 17.6 Å². The fraction of sp³-hybridized carbons (Fsp3) is 0.263. The van der Waals surface area contributed by atoms with Crippen LogP contribution in [-0.2, 0) is 19.3 Å². The van der Waals surface area contributed by atoms with E-state index in [4.69, 9.17) is 5.73 Å². The molecule has 8 heteroatoms. The second-order valence-corrected chi connectivity index (χ2v) is 5.80. The number of rotatable bonds is 6. The van der Waals surface area contributed by atoms with E-state index in [9.17, 15) is 18.0 Å². The molecule has 0 aromatic heterocycles. The number of hydrogen-bond acceptors (Lipinski definition) is 2. The molecular formula is C19H21F3N4O. The summed E-state index contributed by atoms with van der Waals surface area (Å²) in [6.07, 6.45) is -4.34. The summed E-state index contributed by atoms with van der Waals surface area (Å²) in [6, 6.07) is 11.8. The standard InChI is InChI=1S/C19H21F3N4O/c1-2-24-18(25-11-13-3-7-15(8-4-13)17(23)27)26-12-14-5-9-16(10-6-14)19(20,21)22/h3-10H,2,11-12H2,1H3,(H2,23,27)(H2,24,25,26). The molecule has 2 aromatic rings. The highest BCUT2D eigenvalue weighted by atomic mass is 19.4. The molecule has 1 amide bonds. The first-order chi connectivity index (χ1) is 12.8. The number of hydrogen-bond donors (Lipinski definition) is 3. The first kappa shape index (κ1) is 20.3. The van der Waals surface area contributed by atoms with Crippen LogP contribution in [0.1, 0.15) is 34.0 Å². The number of primary amides is 1. The van der Waals surface area contributed by atoms with E-state index in [-0.39, 0.29) is 0 Å². The van der Waals surface area contributed by atoms with Crippen LogP contribution in [0, 0.1) is 0 Å². The largest absolute Gasteiger partial charge is 0.416 e. The van der Waals surface area contributed by atoms with Crippen molar-refractivity contribution in [1.82, 2.24) is 10.6 Å². The van der Waals surface area contributed by atoms with Gasteiger partial charge in [-0.2, -0.15) is 13.2 Å². The lowest BCUT2D eigenvalue weighted by Crippen LogP contribution is -2.36. The Labute approximate surface area is 155 Å². The highest BCUT2D eigenvalue weighted by Gasteiger charge is 2.29. The number of benzene rings is 2. The fourth-order valence-electron chi connectivity index (χ4n) is 2.28. The van der Waals surface area contributed by atoms with Crippen LogP contribution in [0.3, 0.4) is 0 Å². The molecule has 0 aliphatic carbocycles. The molecule has 2 rings (SSSR count). The average Bonchev–Trinajstić information content (AvgIpc) is 2.64. The SMILES string of the molecule is CCNC(=NCc1ccc(C(N)=O)cc1)NCc1ccc(C(F)(F)F)cc1. The summed E-state index contributed by atoms with van der Waals surface area (Å²) in [7, 11) is 0. The van der Waals surface area contributed by atoms with Crippen molar-refractivity contribution in [3.05, 3.63) is 70.8 Å². The molecule has 0 bridgehead atoms. The molecule has 2 aromatic carbocycles. The van der Waals surface area contributed by atoms with Crippen molar-refractivity contribution < 1.29 is 18.0 Å². The van der Waals surface area contributed by atoms with E-state index in [1.54, 1.807) is 24.3 Å². The summed E-state index contributed by atoms with van der Waals surface area (Å²) in [4.78, 5) is 15.5. The Bertz CT molecular complexity index is 784. The Hall–Kier alpha value is -3.03. The van der Waals surface area contributed by atoms with Crippen LogP contribution in [0.4, 0.5) is 13.2 Å². The Balaban J connectivity index is 1.98. The molecule has 0 fully saturated rings. The van der Waals surface area contributed by atoms with Crippen LogP contribution in [0.25, 0.3) is 0 Å². The molecule has 144 valence electrons. The van der Waals surface area contributed by atoms with Gasteiger partial charge in [-0.25, -0.2) is 4.99 Å². The zero-order chi connectivity index (χ0) is 19.9. The third kappa shape index (κ3) is 6.32. The minimum absolute atomic E-state index is 0.338. The van der Waals surface area contributed by atoms with Gasteiger partial charge < -0.3 is 16.4 Å². The summed E-state index contributed by atoms with van der Waals surface area (Å²) in [5, 5.41) is 6.15. The van der Waals surface area contributed by atoms with Gasteiger partial charge in [0.25, 0.3) is 0 Å². The van der Waals surface area contributed by atoms with Gasteiger partial charge in [0, 0.05) is 18.7 Å². The number of halogens is 3. The summed E-state index contributed by atoms with van der Waals surface area (Å²) in [5.41, 5.74) is 6.56. The van der Waals surface area contributed by atoms with E-state index in [2.05, 4.69) is 15.6 Å². The van der Waals surface area contributed by atoms with Crippen molar-refractivity contribution in [3.8, 4) is 0 Å². The summed E-state index contributed by atoms with van der Waals surface area (Å²) in [6.45, 7) is 3.27. The number of guanidine groups is 1. The van der Waals surface area contributed by atoms with Gasteiger partial charge in [0.15, 0.2) is 5.96 Å². The third-order valence-electron chi connectivity index (χ3n) is 3.74. The number of nitrogens with two attached hydrogens (primary N) is 1. The maximum absolute atomic E-state index is 12.6. The normalized spacial score (nSPS) is 11.9. The number of carbonyl (C=O) groups excluding carboxylic acids is 1. The van der Waals surface area contributed by atoms with Crippen LogP contribution in [0.2, 0.25) is 0 Å². The van der Waals surface area contributed by atoms with Crippen LogP contribution in [0.5, 0.6) is 0 Å². The van der Waals surface area contributed by atoms with E-state index in [1.165, 1.54) is 12.1 Å². The summed E-state index contributed by atoms with van der Waals surface area (Å²) >= 11 is 0. The minimum atomic E-state index is -4.34. The predicted octanol–water partition coefficient (Wildman–Crippen LogP) is 3.06. The van der Waals surface area contributed by atoms with Crippen LogP contribution in [-0.4, -0.2) is 18.4 Å². The number of carbonyl (C=O) groups is 1. The van der Waals surface area contributed by atoms with Crippen molar-refractivity contribution in [3.63, 3.8) is 0 Å². The predicted molar refractivity (Wildman–Crippen MR) is 98.1 cm³/mol. The molecule has 0 heterocycles. The smallest absolute Gasteiger partial charge is 0.366 e. The van der Waals surface area contributed by atoms with Gasteiger partial charge in [-0.1, -0.05) is 24.3 Å². The van der Waals surface area contributed by atoms with Crippen molar-refractivity contribution in [2.75, 3.05) is 6.54 Å². The van der Waals surface area contributed by atoms with Crippen molar-refractivity contribution in [1.29, 1.82) is 0 Å². The number of alkyl halides is 3. The van der Waals surface area contributed by atoms with E-state index in [0.717, 1.165) is 17.7 Å². The molecule has 0 aliphatic rings. The molecule has 0 saturated carbocycles. The Kier molecular flexibility index (Phi) is 6.81. The number of nitrogens with one attached hydrogen (secondary N) is 2. The third-order valence-corrected chi connectivity index (χ3v) is 3.74. The average molecular weight is 378 g/mol. The minimum Gasteiger partial charge on any atom is -0.366 e. The number of aliphatic imine (C=N–C) groups is 1. The van der Waals surface area contributed by atoms with Crippen molar-refractivity contribution in [2.45, 2.75) is 26.2 Å². The molecule has 5 nitrogen and oxygen atoms in total. The highest BCUT2D eigenvalue weighted by Crippen LogP contribution is 2.29. The second kappa shape index (κ2) is 9.07. The van der Waals surface area contributed by atoms with Crippen LogP contribution < -0.4 is 16.4 Å². The monoisotopic (exact) mass is 378 g/mol. The Morgan fingerprint density at radius 3 is 2.11 bits per heavy atom. The maximum Gasteiger partial charge on any atom is 0.416 e. The maximum atomic E-state index is 12.6. The first-order valence-corrected chi connectivity index (χ1v) is 8.36. The topological polar surface area (TPSA) is 79.5 Å². The summed E-state index contributed by atoms with van der Waals surface area (Å²) in [5.74, 6) is 0.0490. The van der Waals surface area contributed by atoms with Gasteiger partial charge in [-0.3, -0.25) is 4.79 Å². The van der Waals surface area contributed by atoms with E-state index in [1.807, 2.05) is 6.92 Å². The quantitative estimate of drug-likeness (QED) is 0.534. The van der Waals surface area contributed by atoms with Gasteiger partial charge in [0.1, 0.15) is 0 Å². The van der Waals surface area contributed by atoms with Crippen molar-refractivity contribution in [2.24, 2.45) is 10.7 Å². The molecule has 27 heavy (non-hydrogen) atoms. The number of amides is 1. The molecule has 0 unspecified atom stereocenters. The van der Waals surface area contributed by atoms with Gasteiger partial charge >= 0.3 is 6.18 Å². The van der Waals surface area contributed by atoms with Gasteiger partial charge in [0.2, 0.25) is 5.91 Å². The fourth-order valence-corrected chi connectivity index (χ4v) is 2.28. The molecule has 0 aliphatic heterocycles. The van der Waals surface area contributed by atoms with E-state index >= 15 is 0 Å². The zero-order valence-electron chi connectivity index (χ0n) is 14.8. The molecule has 0 saturated heterocycles. The van der Waals surface area contributed by atoms with Gasteiger partial charge in [0.05, 0.1) is 12.1 Å². The molecule has 0 radical (unpaired) electrons. The second-order valence-electron chi connectivity index (χ2n) is 5.80. The number of nitrogens with zero attached hydrogens (tertiary/aromatic N) is 1. The summed E-state index contributed by atoms with van der Waals surface area (Å²) < 4.78 is 37.8. The lowest BCUT2D eigenvalue weighted by Gasteiger charge is -2.12. The zero-order valence-corrected chi connectivity index (χ0v) is 14.8. The highest BCUT2D eigenvalue weighted by molar-refractivity contribution is 5.92. The molecule has 4 N–H and O–H groups in total. The first-order valence-electron chi connectivity index (χ1n) is 8.36. The van der Waals surface area contributed by atoms with Crippen LogP contribution >= 0.6 is 0 Å². The van der Waals surface area contributed by atoms with Gasteiger partial charge in [-0.15, -0.1) is 0 Å². The van der Waals surface area contributed by atoms with Crippen molar-refractivity contribution >= 4 is 11.9 Å². The van der Waals surface area contributed by atoms with E-state index in [0.29, 0.717) is 36.7 Å². The Morgan fingerprint density at radius 2 is 1.59 bits per heavy atom. The Morgan fingerprint density at radius 1 is 1.00 bits per heavy atom. The molecular weight excluding hydrogens is 357 g/mol. The van der Waals surface area contributed by atoms with Gasteiger partial charge in [-0.05, 0) is 42.3 Å². The lowest BCUT2D eigenvalue weighted by molar-refractivity contribution is -0.137. The molecule has 0 atom stereocenters. The molecule has 0 spiro atoms. The van der Waals surface area contributed by atoms with Crippen LogP contribution in [0.15, 0.2) is 53.5 Å².